The van der Waals surface area contributed by atoms with Crippen LogP contribution in [0.4, 0.5) is 10.3 Å². The molecule has 2 aromatic rings. The van der Waals surface area contributed by atoms with Crippen LogP contribution in [0.15, 0.2) is 30.3 Å². The minimum absolute atomic E-state index is 0.0138. The quantitative estimate of drug-likeness (QED) is 0.115. The van der Waals surface area contributed by atoms with E-state index in [1.165, 1.54) is 37.4 Å². The van der Waals surface area contributed by atoms with Crippen molar-refractivity contribution in [3.63, 3.8) is 0 Å². The van der Waals surface area contributed by atoms with Crippen molar-refractivity contribution in [2.75, 3.05) is 44.0 Å². The highest BCUT2D eigenvalue weighted by molar-refractivity contribution is 7.92. The third-order valence-corrected chi connectivity index (χ3v) is 6.89. The van der Waals surface area contributed by atoms with E-state index in [-0.39, 0.29) is 51.1 Å². The van der Waals surface area contributed by atoms with Gasteiger partial charge in [0, 0.05) is 24.6 Å². The van der Waals surface area contributed by atoms with E-state index in [9.17, 15) is 27.8 Å². The van der Waals surface area contributed by atoms with Gasteiger partial charge in [-0.15, -0.1) is 0 Å². The van der Waals surface area contributed by atoms with Gasteiger partial charge in [0.2, 0.25) is 16.0 Å². The molecule has 42 heavy (non-hydrogen) atoms. The Kier molecular flexibility index (Phi) is 13.8. The van der Waals surface area contributed by atoms with Gasteiger partial charge < -0.3 is 19.7 Å². The molecule has 0 spiro atoms. The van der Waals surface area contributed by atoms with Gasteiger partial charge in [0.05, 0.1) is 61.5 Å². The molecule has 0 saturated heterocycles. The largest absolute Gasteiger partial charge is 0.463 e. The van der Waals surface area contributed by atoms with Crippen LogP contribution in [0, 0.1) is 5.82 Å². The zero-order chi connectivity index (χ0) is 31.4. The van der Waals surface area contributed by atoms with Crippen LogP contribution in [0.2, 0.25) is 0 Å². The Morgan fingerprint density at radius 3 is 2.31 bits per heavy atom. The summed E-state index contributed by atoms with van der Waals surface area (Å²) in [6.07, 6.45) is 0.957. The molecule has 234 valence electrons. The first kappa shape index (κ1) is 35.1. The number of halogens is 1. The Balaban J connectivity index is 2.14. The normalized spacial score (nSPS) is 13.6. The third kappa shape index (κ3) is 11.7. The molecule has 16 heteroatoms. The zero-order valence-corrected chi connectivity index (χ0v) is 24.6. The van der Waals surface area contributed by atoms with E-state index in [0.29, 0.717) is 22.5 Å². The first-order valence-corrected chi connectivity index (χ1v) is 14.7. The van der Waals surface area contributed by atoms with E-state index in [1.807, 2.05) is 13.8 Å². The fraction of sp³-hybridized carbons (Fsp3) is 0.500. The molecule has 0 unspecified atom stereocenters. The van der Waals surface area contributed by atoms with Crippen molar-refractivity contribution in [2.24, 2.45) is 0 Å². The molecule has 0 saturated carbocycles. The summed E-state index contributed by atoms with van der Waals surface area (Å²) in [5, 5.41) is 37.1. The van der Waals surface area contributed by atoms with E-state index in [1.54, 1.807) is 6.08 Å². The lowest BCUT2D eigenvalue weighted by atomic mass is 9.97. The van der Waals surface area contributed by atoms with Crippen molar-refractivity contribution in [1.29, 1.82) is 0 Å². The van der Waals surface area contributed by atoms with Crippen LogP contribution >= 0.6 is 0 Å². The number of rotatable bonds is 17. The minimum Gasteiger partial charge on any atom is -0.463 e. The minimum atomic E-state index is -3.69. The lowest BCUT2D eigenvalue weighted by molar-refractivity contribution is -0.493. The summed E-state index contributed by atoms with van der Waals surface area (Å²) in [5.41, 5.74) is 1.74. The molecule has 0 aliphatic heterocycles. The van der Waals surface area contributed by atoms with E-state index < -0.39 is 39.4 Å². The molecular formula is C26H37FN4O10S. The van der Waals surface area contributed by atoms with Crippen molar-refractivity contribution in [2.45, 2.75) is 44.8 Å². The number of esters is 1. The number of carbonyl (C=O) groups excluding carboxylic acids is 1. The van der Waals surface area contributed by atoms with Crippen LogP contribution < -0.4 is 4.31 Å². The number of hydrogen-bond acceptors (Lipinski definition) is 13. The molecule has 4 N–H and O–H groups in total. The monoisotopic (exact) mass is 616 g/mol. The van der Waals surface area contributed by atoms with Gasteiger partial charge in [0.1, 0.15) is 12.4 Å². The van der Waals surface area contributed by atoms with Crippen LogP contribution in [-0.4, -0.2) is 102 Å². The fourth-order valence-corrected chi connectivity index (χ4v) is 3.97. The average molecular weight is 617 g/mol. The first-order valence-electron chi connectivity index (χ1n) is 12.9. The average Bonchev–Trinajstić information content (AvgIpc) is 2.90. The van der Waals surface area contributed by atoms with Crippen molar-refractivity contribution < 1.29 is 52.5 Å². The second-order valence-corrected chi connectivity index (χ2v) is 11.5. The molecule has 1 aromatic heterocycles. The summed E-state index contributed by atoms with van der Waals surface area (Å²) in [6, 6.07) is 5.47. The Morgan fingerprint density at radius 2 is 1.71 bits per heavy atom. The second kappa shape index (κ2) is 16.5. The van der Waals surface area contributed by atoms with Gasteiger partial charge in [0.25, 0.3) is 0 Å². The molecule has 2 atom stereocenters. The van der Waals surface area contributed by atoms with Crippen molar-refractivity contribution in [3.05, 3.63) is 47.4 Å². The summed E-state index contributed by atoms with van der Waals surface area (Å²) in [6.45, 7) is 3.48. The van der Waals surface area contributed by atoms with Gasteiger partial charge in [-0.3, -0.25) is 15.2 Å². The molecule has 0 amide bonds. The molecule has 1 aromatic carbocycles. The van der Waals surface area contributed by atoms with Gasteiger partial charge in [-0.2, -0.15) is 0 Å². The molecule has 0 aliphatic carbocycles. The van der Waals surface area contributed by atoms with Crippen molar-refractivity contribution in [1.82, 2.24) is 15.4 Å². The first-order chi connectivity index (χ1) is 19.7. The number of aliphatic hydroxyl groups is 2. The van der Waals surface area contributed by atoms with Crippen LogP contribution in [0.5, 0.6) is 0 Å². The fourth-order valence-electron chi connectivity index (χ4n) is 3.59. The molecular weight excluding hydrogens is 579 g/mol. The molecule has 1 heterocycles. The van der Waals surface area contributed by atoms with Crippen molar-refractivity contribution >= 4 is 28.0 Å². The number of sulfonamides is 1. The number of hydrogen-bond donors (Lipinski definition) is 4. The van der Waals surface area contributed by atoms with Gasteiger partial charge >= 0.3 is 5.97 Å². The molecule has 0 fully saturated rings. The molecule has 2 rings (SSSR count). The third-order valence-electron chi connectivity index (χ3n) is 5.73. The van der Waals surface area contributed by atoms with Crippen LogP contribution in [0.3, 0.4) is 0 Å². The Morgan fingerprint density at radius 1 is 1.07 bits per heavy atom. The van der Waals surface area contributed by atoms with Crippen LogP contribution in [0.25, 0.3) is 17.3 Å². The maximum atomic E-state index is 13.6. The van der Waals surface area contributed by atoms with E-state index in [0.717, 1.165) is 10.6 Å². The second-order valence-electron chi connectivity index (χ2n) is 9.50. The topological polar surface area (TPSA) is 192 Å². The van der Waals surface area contributed by atoms with E-state index >= 15 is 0 Å². The highest BCUT2D eigenvalue weighted by Crippen LogP contribution is 2.31. The van der Waals surface area contributed by atoms with Gasteiger partial charge in [-0.05, 0) is 30.2 Å². The predicted octanol–water partition coefficient (Wildman–Crippen LogP) is 1.89. The summed E-state index contributed by atoms with van der Waals surface area (Å²) in [5.74, 6) is -1.46. The Bertz CT molecular complexity index is 1290. The standard InChI is InChI=1S/C26H37FN4O10S/c1-17(2)24-22(25(18-5-7-19(27)8-6-18)29-26(28-24)30(3)42(4,37)38)10-9-20(32)15-21(33)16-23(34)40-13-11-39-12-14-41-31(35)36/h5-10,17,20-21,32-33,35-36H,11-16H2,1-4H3/b10-9+/t20-,21-/m1/s1. The predicted molar refractivity (Wildman–Crippen MR) is 148 cm³/mol. The number of anilines is 1. The smallest absolute Gasteiger partial charge is 0.308 e. The molecule has 14 nitrogen and oxygen atoms in total. The maximum Gasteiger partial charge on any atom is 0.308 e. The number of carbonyl (C=O) groups is 1. The highest BCUT2D eigenvalue weighted by Gasteiger charge is 2.23. The lowest BCUT2D eigenvalue weighted by Crippen LogP contribution is -2.27. The summed E-state index contributed by atoms with van der Waals surface area (Å²) in [7, 11) is -2.37. The summed E-state index contributed by atoms with van der Waals surface area (Å²) >= 11 is 0. The van der Waals surface area contributed by atoms with Gasteiger partial charge in [-0.25, -0.2) is 31.9 Å². The van der Waals surface area contributed by atoms with E-state index in [2.05, 4.69) is 14.8 Å². The Hall–Kier alpha value is -3.09. The maximum absolute atomic E-state index is 13.6. The summed E-state index contributed by atoms with van der Waals surface area (Å²) < 4.78 is 49.0. The molecule has 0 aliphatic rings. The van der Waals surface area contributed by atoms with Crippen LogP contribution in [0.1, 0.15) is 43.9 Å². The van der Waals surface area contributed by atoms with Gasteiger partial charge in [-0.1, -0.05) is 26.0 Å². The molecule has 0 radical (unpaired) electrons. The number of ether oxygens (including phenoxy) is 2. The highest BCUT2D eigenvalue weighted by atomic mass is 32.2. The Labute approximate surface area is 243 Å². The lowest BCUT2D eigenvalue weighted by Gasteiger charge is -2.20. The number of aromatic nitrogens is 2. The number of benzene rings is 1. The summed E-state index contributed by atoms with van der Waals surface area (Å²) in [4.78, 5) is 25.2. The SMILES string of the molecule is CC(C)c1nc(N(C)S(C)(=O)=O)nc(-c2ccc(F)cc2)c1/C=C/[C@@H](O)C[C@@H](O)CC(=O)OCCOCCON(O)O. The molecule has 0 bridgehead atoms. The van der Waals surface area contributed by atoms with Crippen molar-refractivity contribution in [3.8, 4) is 11.3 Å². The number of nitrogens with zero attached hydrogens (tertiary/aromatic N) is 4. The number of aliphatic hydroxyl groups excluding tert-OH is 2. The van der Waals surface area contributed by atoms with Gasteiger partial charge in [0.15, 0.2) is 0 Å². The van der Waals surface area contributed by atoms with Crippen LogP contribution in [-0.2, 0) is 29.1 Å². The van der Waals surface area contributed by atoms with E-state index in [4.69, 9.17) is 19.9 Å². The zero-order valence-electron chi connectivity index (χ0n) is 23.8.